The van der Waals surface area contributed by atoms with Gasteiger partial charge in [0.15, 0.2) is 6.61 Å². The first-order chi connectivity index (χ1) is 7.63. The standard InChI is InChI=1S/C12H16O4/c1-2-4-11(13)9-5-3-6-10(7-9)16-8-12(14)15/h3,5-7,11,13H,2,4,8H2,1H3,(H,14,15). The van der Waals surface area contributed by atoms with Gasteiger partial charge in [0.25, 0.3) is 0 Å². The molecule has 0 aliphatic heterocycles. The van der Waals surface area contributed by atoms with Crippen molar-refractivity contribution in [3.05, 3.63) is 29.8 Å². The van der Waals surface area contributed by atoms with Gasteiger partial charge in [-0.25, -0.2) is 4.79 Å². The van der Waals surface area contributed by atoms with Crippen LogP contribution in [-0.4, -0.2) is 22.8 Å². The number of ether oxygens (including phenoxy) is 1. The van der Waals surface area contributed by atoms with Crippen LogP contribution in [0.1, 0.15) is 31.4 Å². The zero-order chi connectivity index (χ0) is 12.0. The summed E-state index contributed by atoms with van der Waals surface area (Å²) in [6.45, 7) is 1.63. The zero-order valence-corrected chi connectivity index (χ0v) is 9.22. The van der Waals surface area contributed by atoms with Crippen molar-refractivity contribution in [2.75, 3.05) is 6.61 Å². The molecule has 1 rings (SSSR count). The predicted molar refractivity (Wildman–Crippen MR) is 59.4 cm³/mol. The normalized spacial score (nSPS) is 12.1. The molecule has 1 aromatic carbocycles. The molecule has 88 valence electrons. The Labute approximate surface area is 94.5 Å². The highest BCUT2D eigenvalue weighted by molar-refractivity contribution is 5.68. The quantitative estimate of drug-likeness (QED) is 0.775. The van der Waals surface area contributed by atoms with Crippen LogP contribution in [0.3, 0.4) is 0 Å². The molecule has 0 aromatic heterocycles. The van der Waals surface area contributed by atoms with Gasteiger partial charge < -0.3 is 14.9 Å². The molecule has 1 unspecified atom stereocenters. The van der Waals surface area contributed by atoms with E-state index in [1.165, 1.54) is 0 Å². The van der Waals surface area contributed by atoms with Crippen LogP contribution < -0.4 is 4.74 Å². The molecule has 16 heavy (non-hydrogen) atoms. The lowest BCUT2D eigenvalue weighted by Gasteiger charge is -2.11. The van der Waals surface area contributed by atoms with E-state index in [0.29, 0.717) is 12.2 Å². The van der Waals surface area contributed by atoms with Crippen LogP contribution in [0.5, 0.6) is 5.75 Å². The Balaban J connectivity index is 2.66. The molecular weight excluding hydrogens is 208 g/mol. The van der Waals surface area contributed by atoms with Crippen molar-refractivity contribution < 1.29 is 19.7 Å². The van der Waals surface area contributed by atoms with Crippen LogP contribution in [0.25, 0.3) is 0 Å². The molecule has 0 saturated heterocycles. The monoisotopic (exact) mass is 224 g/mol. The second-order valence-electron chi connectivity index (χ2n) is 3.56. The highest BCUT2D eigenvalue weighted by atomic mass is 16.5. The summed E-state index contributed by atoms with van der Waals surface area (Å²) in [6, 6.07) is 6.88. The van der Waals surface area contributed by atoms with Gasteiger partial charge in [0.2, 0.25) is 0 Å². The van der Waals surface area contributed by atoms with Crippen LogP contribution in [-0.2, 0) is 4.79 Å². The number of carboxylic acids is 1. The highest BCUT2D eigenvalue weighted by Gasteiger charge is 2.07. The molecule has 2 N–H and O–H groups in total. The SMILES string of the molecule is CCCC(O)c1cccc(OCC(=O)O)c1. The van der Waals surface area contributed by atoms with Crippen LogP contribution in [0.2, 0.25) is 0 Å². The van der Waals surface area contributed by atoms with Gasteiger partial charge in [-0.1, -0.05) is 25.5 Å². The molecule has 0 aliphatic rings. The van der Waals surface area contributed by atoms with Crippen molar-refractivity contribution in [2.24, 2.45) is 0 Å². The lowest BCUT2D eigenvalue weighted by atomic mass is 10.1. The molecule has 0 fully saturated rings. The largest absolute Gasteiger partial charge is 0.482 e. The first kappa shape index (κ1) is 12.5. The average Bonchev–Trinajstić information content (AvgIpc) is 2.27. The molecule has 0 saturated carbocycles. The van der Waals surface area contributed by atoms with Crippen molar-refractivity contribution >= 4 is 5.97 Å². The first-order valence-corrected chi connectivity index (χ1v) is 5.26. The smallest absolute Gasteiger partial charge is 0.341 e. The summed E-state index contributed by atoms with van der Waals surface area (Å²) in [5, 5.41) is 18.2. The van der Waals surface area contributed by atoms with E-state index >= 15 is 0 Å². The van der Waals surface area contributed by atoms with E-state index in [1.807, 2.05) is 6.92 Å². The van der Waals surface area contributed by atoms with Gasteiger partial charge in [-0.2, -0.15) is 0 Å². The lowest BCUT2D eigenvalue weighted by molar-refractivity contribution is -0.139. The van der Waals surface area contributed by atoms with Gasteiger partial charge in [0.1, 0.15) is 5.75 Å². The molecule has 4 nitrogen and oxygen atoms in total. The van der Waals surface area contributed by atoms with Gasteiger partial charge in [0, 0.05) is 0 Å². The van der Waals surface area contributed by atoms with Crippen LogP contribution >= 0.6 is 0 Å². The van der Waals surface area contributed by atoms with E-state index in [2.05, 4.69) is 0 Å². The number of aliphatic hydroxyl groups excluding tert-OH is 1. The molecule has 1 atom stereocenters. The summed E-state index contributed by atoms with van der Waals surface area (Å²) >= 11 is 0. The summed E-state index contributed by atoms with van der Waals surface area (Å²) in [5.41, 5.74) is 0.754. The van der Waals surface area contributed by atoms with E-state index in [1.54, 1.807) is 24.3 Å². The lowest BCUT2D eigenvalue weighted by Crippen LogP contribution is -2.09. The Bertz CT molecular complexity index is 349. The molecule has 1 aromatic rings. The van der Waals surface area contributed by atoms with Crippen molar-refractivity contribution in [1.29, 1.82) is 0 Å². The number of hydrogen-bond acceptors (Lipinski definition) is 3. The molecular formula is C12H16O4. The fraction of sp³-hybridized carbons (Fsp3) is 0.417. The van der Waals surface area contributed by atoms with Crippen LogP contribution in [0.4, 0.5) is 0 Å². The van der Waals surface area contributed by atoms with Crippen molar-refractivity contribution in [1.82, 2.24) is 0 Å². The number of aliphatic carboxylic acids is 1. The third kappa shape index (κ3) is 3.90. The molecule has 0 spiro atoms. The third-order valence-electron chi connectivity index (χ3n) is 2.17. The summed E-state index contributed by atoms with van der Waals surface area (Å²) in [7, 11) is 0. The maximum atomic E-state index is 10.3. The summed E-state index contributed by atoms with van der Waals surface area (Å²) in [6.07, 6.45) is 1.06. The van der Waals surface area contributed by atoms with Gasteiger partial charge in [0.05, 0.1) is 6.10 Å². The number of hydrogen-bond donors (Lipinski definition) is 2. The zero-order valence-electron chi connectivity index (χ0n) is 9.22. The van der Waals surface area contributed by atoms with Crippen molar-refractivity contribution in [3.8, 4) is 5.75 Å². The Hall–Kier alpha value is -1.55. The maximum absolute atomic E-state index is 10.3. The molecule has 0 bridgehead atoms. The van der Waals surface area contributed by atoms with Crippen molar-refractivity contribution in [2.45, 2.75) is 25.9 Å². The summed E-state index contributed by atoms with van der Waals surface area (Å²) in [4.78, 5) is 10.3. The van der Waals surface area contributed by atoms with Crippen LogP contribution in [0, 0.1) is 0 Å². The Morgan fingerprint density at radius 1 is 1.50 bits per heavy atom. The van der Waals surface area contributed by atoms with Crippen molar-refractivity contribution in [3.63, 3.8) is 0 Å². The Morgan fingerprint density at radius 3 is 2.88 bits per heavy atom. The minimum absolute atomic E-state index is 0.368. The van der Waals surface area contributed by atoms with Gasteiger partial charge in [-0.3, -0.25) is 0 Å². The minimum Gasteiger partial charge on any atom is -0.482 e. The van der Waals surface area contributed by atoms with E-state index in [4.69, 9.17) is 9.84 Å². The van der Waals surface area contributed by atoms with Gasteiger partial charge >= 0.3 is 5.97 Å². The highest BCUT2D eigenvalue weighted by Crippen LogP contribution is 2.22. The van der Waals surface area contributed by atoms with E-state index in [-0.39, 0.29) is 6.61 Å². The third-order valence-corrected chi connectivity index (χ3v) is 2.17. The second-order valence-corrected chi connectivity index (χ2v) is 3.56. The summed E-state index contributed by atoms with van der Waals surface area (Å²) in [5.74, 6) is -0.547. The van der Waals surface area contributed by atoms with Gasteiger partial charge in [-0.15, -0.1) is 0 Å². The molecule has 0 aliphatic carbocycles. The molecule has 0 heterocycles. The Kier molecular flexibility index (Phi) is 4.79. The number of carbonyl (C=O) groups is 1. The van der Waals surface area contributed by atoms with E-state index in [0.717, 1.165) is 12.0 Å². The maximum Gasteiger partial charge on any atom is 0.341 e. The summed E-state index contributed by atoms with van der Waals surface area (Å²) < 4.78 is 5.03. The molecule has 0 amide bonds. The molecule has 4 heteroatoms. The van der Waals surface area contributed by atoms with Gasteiger partial charge in [-0.05, 0) is 24.1 Å². The fourth-order valence-corrected chi connectivity index (χ4v) is 1.40. The second kappa shape index (κ2) is 6.12. The van der Waals surface area contributed by atoms with Crippen LogP contribution in [0.15, 0.2) is 24.3 Å². The first-order valence-electron chi connectivity index (χ1n) is 5.26. The topological polar surface area (TPSA) is 66.8 Å². The number of rotatable bonds is 6. The fourth-order valence-electron chi connectivity index (χ4n) is 1.40. The molecule has 0 radical (unpaired) electrons. The Morgan fingerprint density at radius 2 is 2.25 bits per heavy atom. The number of aliphatic hydroxyl groups is 1. The van der Waals surface area contributed by atoms with E-state index < -0.39 is 12.1 Å². The predicted octanol–water partition coefficient (Wildman–Crippen LogP) is 1.98. The average molecular weight is 224 g/mol. The number of benzene rings is 1. The van der Waals surface area contributed by atoms with E-state index in [9.17, 15) is 9.90 Å². The minimum atomic E-state index is -1.01. The number of carboxylic acid groups (broad SMARTS) is 1.